The fourth-order valence-corrected chi connectivity index (χ4v) is 2.55. The van der Waals surface area contributed by atoms with E-state index in [0.717, 1.165) is 38.1 Å². The summed E-state index contributed by atoms with van der Waals surface area (Å²) in [5.41, 5.74) is 0. The van der Waals surface area contributed by atoms with Crippen LogP contribution < -0.4 is 0 Å². The highest BCUT2D eigenvalue weighted by Gasteiger charge is 2.31. The molecule has 1 saturated heterocycles. The number of aliphatic carboxylic acids is 1. The first kappa shape index (κ1) is 11.6. The van der Waals surface area contributed by atoms with E-state index in [0.29, 0.717) is 18.4 Å². The third kappa shape index (κ3) is 2.53. The molecule has 0 radical (unpaired) electrons. The van der Waals surface area contributed by atoms with Gasteiger partial charge in [0.25, 0.3) is 0 Å². The summed E-state index contributed by atoms with van der Waals surface area (Å²) in [5, 5.41) is 12.8. The Morgan fingerprint density at radius 1 is 1.44 bits per heavy atom. The maximum atomic E-state index is 10.8. The van der Waals surface area contributed by atoms with Crippen LogP contribution >= 0.6 is 0 Å². The molecule has 1 aliphatic carbocycles. The average Bonchev–Trinajstić information content (AvgIpc) is 2.93. The van der Waals surface area contributed by atoms with Gasteiger partial charge in [0.2, 0.25) is 5.89 Å². The number of carbonyl (C=O) groups is 1. The van der Waals surface area contributed by atoms with Gasteiger partial charge in [0.05, 0.1) is 13.0 Å². The second kappa shape index (κ2) is 4.68. The second-order valence-corrected chi connectivity index (χ2v) is 5.18. The molecule has 0 spiro atoms. The Morgan fingerprint density at radius 2 is 2.28 bits per heavy atom. The van der Waals surface area contributed by atoms with E-state index in [-0.39, 0.29) is 12.5 Å². The molecule has 18 heavy (non-hydrogen) atoms. The van der Waals surface area contributed by atoms with E-state index in [2.05, 4.69) is 15.0 Å². The van der Waals surface area contributed by atoms with Gasteiger partial charge < -0.3 is 9.63 Å². The van der Waals surface area contributed by atoms with Gasteiger partial charge in [0.15, 0.2) is 5.82 Å². The molecule has 0 bridgehead atoms. The second-order valence-electron chi connectivity index (χ2n) is 5.18. The van der Waals surface area contributed by atoms with Crippen molar-refractivity contribution in [2.24, 2.45) is 0 Å². The molecule has 1 N–H and O–H groups in total. The first-order chi connectivity index (χ1) is 8.72. The van der Waals surface area contributed by atoms with Gasteiger partial charge in [-0.1, -0.05) is 5.16 Å². The molecule has 0 aromatic carbocycles. The number of carboxylic acids is 1. The summed E-state index contributed by atoms with van der Waals surface area (Å²) in [6.07, 6.45) is 4.50. The van der Waals surface area contributed by atoms with Gasteiger partial charge in [-0.3, -0.25) is 9.69 Å². The molecule has 1 aromatic rings. The van der Waals surface area contributed by atoms with E-state index in [9.17, 15) is 4.79 Å². The summed E-state index contributed by atoms with van der Waals surface area (Å²) in [4.78, 5) is 17.3. The first-order valence-corrected chi connectivity index (χ1v) is 6.50. The quantitative estimate of drug-likeness (QED) is 0.851. The average molecular weight is 251 g/mol. The number of likely N-dealkylation sites (tertiary alicyclic amines) is 1. The van der Waals surface area contributed by atoms with E-state index in [1.54, 1.807) is 0 Å². The van der Waals surface area contributed by atoms with Crippen molar-refractivity contribution in [2.75, 3.05) is 6.54 Å². The summed E-state index contributed by atoms with van der Waals surface area (Å²) in [6, 6.07) is 0.110. The number of nitrogens with zero attached hydrogens (tertiary/aromatic N) is 3. The van der Waals surface area contributed by atoms with Gasteiger partial charge in [0, 0.05) is 12.0 Å². The van der Waals surface area contributed by atoms with Crippen LogP contribution in [0.25, 0.3) is 0 Å². The first-order valence-electron chi connectivity index (χ1n) is 6.50. The molecular weight excluding hydrogens is 234 g/mol. The maximum absolute atomic E-state index is 10.8. The molecule has 6 heteroatoms. The van der Waals surface area contributed by atoms with Crippen LogP contribution in [-0.4, -0.2) is 38.7 Å². The Bertz CT molecular complexity index is 442. The minimum atomic E-state index is -0.740. The van der Waals surface area contributed by atoms with Crippen LogP contribution in [0.3, 0.4) is 0 Å². The van der Waals surface area contributed by atoms with Gasteiger partial charge in [-0.2, -0.15) is 4.98 Å². The molecule has 1 aromatic heterocycles. The number of hydrogen-bond acceptors (Lipinski definition) is 5. The molecule has 2 heterocycles. The van der Waals surface area contributed by atoms with Crippen LogP contribution in [0, 0.1) is 0 Å². The zero-order chi connectivity index (χ0) is 12.5. The van der Waals surface area contributed by atoms with Gasteiger partial charge >= 0.3 is 5.97 Å². The lowest BCUT2D eigenvalue weighted by atomic mass is 10.1. The largest absolute Gasteiger partial charge is 0.481 e. The van der Waals surface area contributed by atoms with Crippen LogP contribution in [0.5, 0.6) is 0 Å². The van der Waals surface area contributed by atoms with Crippen LogP contribution in [0.15, 0.2) is 4.52 Å². The van der Waals surface area contributed by atoms with Gasteiger partial charge in [-0.05, 0) is 32.2 Å². The summed E-state index contributed by atoms with van der Waals surface area (Å²) < 4.78 is 5.23. The van der Waals surface area contributed by atoms with Gasteiger partial charge in [-0.25, -0.2) is 0 Å². The molecule has 0 amide bonds. The van der Waals surface area contributed by atoms with Gasteiger partial charge in [-0.15, -0.1) is 0 Å². The molecule has 3 rings (SSSR count). The third-order valence-corrected chi connectivity index (χ3v) is 3.67. The minimum Gasteiger partial charge on any atom is -0.481 e. The predicted molar refractivity (Wildman–Crippen MR) is 62.0 cm³/mol. The predicted octanol–water partition coefficient (Wildman–Crippen LogP) is 1.39. The highest BCUT2D eigenvalue weighted by molar-refractivity contribution is 5.67. The molecule has 6 nitrogen and oxygen atoms in total. The summed E-state index contributed by atoms with van der Waals surface area (Å²) in [7, 11) is 0. The normalized spacial score (nSPS) is 24.6. The van der Waals surface area contributed by atoms with Crippen molar-refractivity contribution in [3.8, 4) is 0 Å². The highest BCUT2D eigenvalue weighted by atomic mass is 16.5. The molecule has 1 atom stereocenters. The summed E-state index contributed by atoms with van der Waals surface area (Å²) >= 11 is 0. The van der Waals surface area contributed by atoms with E-state index < -0.39 is 5.97 Å². The lowest BCUT2D eigenvalue weighted by Gasteiger charge is -2.20. The van der Waals surface area contributed by atoms with Crippen molar-refractivity contribution in [3.05, 3.63) is 11.7 Å². The van der Waals surface area contributed by atoms with Crippen molar-refractivity contribution in [3.63, 3.8) is 0 Å². The van der Waals surface area contributed by atoms with Crippen LogP contribution in [-0.2, 0) is 11.3 Å². The smallest absolute Gasteiger partial charge is 0.304 e. The third-order valence-electron chi connectivity index (χ3n) is 3.67. The van der Waals surface area contributed by atoms with Crippen LogP contribution in [0.2, 0.25) is 0 Å². The Labute approximate surface area is 105 Å². The van der Waals surface area contributed by atoms with Crippen LogP contribution in [0.4, 0.5) is 0 Å². The van der Waals surface area contributed by atoms with Crippen molar-refractivity contribution in [2.45, 2.75) is 50.6 Å². The number of hydrogen-bond donors (Lipinski definition) is 1. The lowest BCUT2D eigenvalue weighted by Crippen LogP contribution is -2.30. The fraction of sp³-hybridized carbons (Fsp3) is 0.750. The van der Waals surface area contributed by atoms with Crippen molar-refractivity contribution < 1.29 is 14.4 Å². The van der Waals surface area contributed by atoms with E-state index in [1.807, 2.05) is 0 Å². The minimum absolute atomic E-state index is 0.110. The van der Waals surface area contributed by atoms with Gasteiger partial charge in [0.1, 0.15) is 0 Å². The van der Waals surface area contributed by atoms with Crippen molar-refractivity contribution in [1.29, 1.82) is 0 Å². The molecule has 1 unspecified atom stereocenters. The lowest BCUT2D eigenvalue weighted by molar-refractivity contribution is -0.138. The SMILES string of the molecule is O=C(O)CC1CCCN1Cc1nc(C2CC2)no1. The number of rotatable bonds is 5. The number of aromatic nitrogens is 2. The zero-order valence-electron chi connectivity index (χ0n) is 10.2. The molecule has 1 aliphatic heterocycles. The van der Waals surface area contributed by atoms with Crippen molar-refractivity contribution >= 4 is 5.97 Å². The van der Waals surface area contributed by atoms with E-state index in [4.69, 9.17) is 9.63 Å². The Morgan fingerprint density at radius 3 is 3.00 bits per heavy atom. The molecular formula is C12H17N3O3. The van der Waals surface area contributed by atoms with Crippen LogP contribution in [0.1, 0.15) is 49.7 Å². The molecule has 2 fully saturated rings. The molecule has 98 valence electrons. The van der Waals surface area contributed by atoms with E-state index in [1.165, 1.54) is 0 Å². The zero-order valence-corrected chi connectivity index (χ0v) is 10.2. The highest BCUT2D eigenvalue weighted by Crippen LogP contribution is 2.38. The fourth-order valence-electron chi connectivity index (χ4n) is 2.55. The van der Waals surface area contributed by atoms with E-state index >= 15 is 0 Å². The topological polar surface area (TPSA) is 79.5 Å². The Kier molecular flexibility index (Phi) is 3.03. The maximum Gasteiger partial charge on any atom is 0.304 e. The standard InChI is InChI=1S/C12H17N3O3/c16-11(17)6-9-2-1-5-15(9)7-10-13-12(14-18-10)8-3-4-8/h8-9H,1-7H2,(H,16,17). The molecule has 1 saturated carbocycles. The Hall–Kier alpha value is -1.43. The monoisotopic (exact) mass is 251 g/mol. The van der Waals surface area contributed by atoms with Crippen molar-refractivity contribution in [1.82, 2.24) is 15.0 Å². The Balaban J connectivity index is 1.61. The molecule has 2 aliphatic rings. The summed E-state index contributed by atoms with van der Waals surface area (Å²) in [6.45, 7) is 1.50. The number of carboxylic acid groups (broad SMARTS) is 1. The summed E-state index contributed by atoms with van der Waals surface area (Å²) in [5.74, 6) is 1.19.